The first-order chi connectivity index (χ1) is 16.0. The van der Waals surface area contributed by atoms with E-state index < -0.39 is 5.97 Å². The molecule has 3 heterocycles. The van der Waals surface area contributed by atoms with Gasteiger partial charge in [0.15, 0.2) is 5.69 Å². The quantitative estimate of drug-likeness (QED) is 0.308. The summed E-state index contributed by atoms with van der Waals surface area (Å²) in [6.45, 7) is 3.73. The van der Waals surface area contributed by atoms with E-state index in [1.54, 1.807) is 61.8 Å². The van der Waals surface area contributed by atoms with Gasteiger partial charge in [0, 0.05) is 12.7 Å². The van der Waals surface area contributed by atoms with Crippen LogP contribution in [0.3, 0.4) is 0 Å². The number of nitrogens with one attached hydrogen (secondary N) is 2. The van der Waals surface area contributed by atoms with Crippen molar-refractivity contribution in [2.45, 2.75) is 12.4 Å². The van der Waals surface area contributed by atoms with Gasteiger partial charge < -0.3 is 19.7 Å². The van der Waals surface area contributed by atoms with Crippen molar-refractivity contribution < 1.29 is 19.1 Å². The van der Waals surface area contributed by atoms with E-state index in [9.17, 15) is 9.59 Å². The largest absolute Gasteiger partial charge is 0.462 e. The molecule has 1 aliphatic heterocycles. The number of hydrogen-bond donors (Lipinski definition) is 2. The fourth-order valence-electron chi connectivity index (χ4n) is 3.23. The van der Waals surface area contributed by atoms with Crippen LogP contribution in [0.15, 0.2) is 54.9 Å². The van der Waals surface area contributed by atoms with Gasteiger partial charge in [-0.15, -0.1) is 5.10 Å². The average molecular weight is 471 g/mol. The third kappa shape index (κ3) is 5.60. The molecule has 1 aliphatic rings. The number of anilines is 3. The van der Waals surface area contributed by atoms with Crippen molar-refractivity contribution in [3.63, 3.8) is 0 Å². The third-order valence-electron chi connectivity index (χ3n) is 4.81. The second-order valence-electron chi connectivity index (χ2n) is 7.12. The lowest BCUT2D eigenvalue weighted by molar-refractivity contribution is 0.0526. The number of nitrogens with zero attached hydrogens (tertiary/aromatic N) is 4. The molecule has 2 N–H and O–H groups in total. The zero-order valence-electron chi connectivity index (χ0n) is 17.9. The Labute approximate surface area is 195 Å². The van der Waals surface area contributed by atoms with E-state index in [1.165, 1.54) is 4.79 Å². The lowest BCUT2D eigenvalue weighted by Crippen LogP contribution is -2.42. The van der Waals surface area contributed by atoms with E-state index in [1.807, 2.05) is 4.90 Å². The van der Waals surface area contributed by atoms with Crippen molar-refractivity contribution in [2.24, 2.45) is 0 Å². The van der Waals surface area contributed by atoms with Gasteiger partial charge in [-0.05, 0) is 43.3 Å². The lowest BCUT2D eigenvalue weighted by atomic mass is 10.2. The summed E-state index contributed by atoms with van der Waals surface area (Å²) in [6, 6.07) is 11.9. The Kier molecular flexibility index (Phi) is 7.06. The van der Waals surface area contributed by atoms with Crippen LogP contribution in [-0.2, 0) is 9.47 Å². The fourth-order valence-corrected chi connectivity index (χ4v) is 3.51. The predicted molar refractivity (Wildman–Crippen MR) is 124 cm³/mol. The van der Waals surface area contributed by atoms with Crippen molar-refractivity contribution in [3.8, 4) is 0 Å². The zero-order chi connectivity index (χ0) is 23.2. The Bertz CT molecular complexity index is 1120. The second-order valence-corrected chi connectivity index (χ2v) is 7.62. The number of rotatable bonds is 7. The highest BCUT2D eigenvalue weighted by Gasteiger charge is 2.22. The van der Waals surface area contributed by atoms with Crippen molar-refractivity contribution in [1.82, 2.24) is 14.9 Å². The van der Waals surface area contributed by atoms with E-state index in [0.29, 0.717) is 43.3 Å². The second kappa shape index (κ2) is 10.3. The average Bonchev–Trinajstić information content (AvgIpc) is 3.29. The van der Waals surface area contributed by atoms with Gasteiger partial charge in [-0.2, -0.15) is 4.79 Å². The first-order valence-electron chi connectivity index (χ1n) is 10.4. The molecule has 1 amide bonds. The molecule has 0 spiro atoms. The highest BCUT2D eigenvalue weighted by molar-refractivity contribution is 6.22. The minimum absolute atomic E-state index is 0.210. The topological polar surface area (TPSA) is 111 Å². The maximum atomic E-state index is 12.6. The van der Waals surface area contributed by atoms with Crippen LogP contribution in [-0.4, -0.2) is 58.6 Å². The molecule has 10 nitrogen and oxygen atoms in total. The maximum absolute atomic E-state index is 12.6. The minimum atomic E-state index is -0.406. The van der Waals surface area contributed by atoms with Crippen LogP contribution in [0.25, 0.3) is 0 Å². The molecular weight excluding hydrogens is 448 g/mol. The molecule has 1 aromatic carbocycles. The van der Waals surface area contributed by atoms with Crippen LogP contribution >= 0.6 is 11.6 Å². The molecule has 11 heteroatoms. The van der Waals surface area contributed by atoms with E-state index >= 15 is 0 Å². The number of carbonyl (C=O) groups excluding carboxylic acids is 2. The van der Waals surface area contributed by atoms with Crippen LogP contribution in [0.4, 0.5) is 17.2 Å². The number of pyridine rings is 1. The van der Waals surface area contributed by atoms with E-state index in [0.717, 1.165) is 5.82 Å². The molecule has 0 aliphatic carbocycles. The smallest absolute Gasteiger partial charge is 0.338 e. The summed E-state index contributed by atoms with van der Waals surface area (Å²) in [6.07, 6.45) is 3.18. The summed E-state index contributed by atoms with van der Waals surface area (Å²) in [5.74, 6) is -0.0710. The lowest BCUT2D eigenvalue weighted by Gasteiger charge is -2.32. The number of benzene rings is 1. The number of amides is 1. The number of morpholine rings is 1. The van der Waals surface area contributed by atoms with Gasteiger partial charge in [-0.1, -0.05) is 17.7 Å². The molecule has 4 rings (SSSR count). The van der Waals surface area contributed by atoms with Crippen LogP contribution in [0.1, 0.15) is 27.8 Å². The number of ether oxygens (including phenoxy) is 2. The Hall–Kier alpha value is -3.63. The van der Waals surface area contributed by atoms with Crippen molar-refractivity contribution in [3.05, 3.63) is 66.1 Å². The maximum Gasteiger partial charge on any atom is 0.338 e. The van der Waals surface area contributed by atoms with Gasteiger partial charge in [0.25, 0.3) is 5.91 Å². The normalized spacial score (nSPS) is 15.7. The first-order valence-corrected chi connectivity index (χ1v) is 10.8. The van der Waals surface area contributed by atoms with Gasteiger partial charge in [0.05, 0.1) is 43.0 Å². The predicted octanol–water partition coefficient (Wildman–Crippen LogP) is 2.98. The summed E-state index contributed by atoms with van der Waals surface area (Å²) in [7, 11) is 0. The molecule has 0 radical (unpaired) electrons. The first kappa shape index (κ1) is 22.6. The zero-order valence-corrected chi connectivity index (χ0v) is 18.7. The molecule has 33 heavy (non-hydrogen) atoms. The van der Waals surface area contributed by atoms with Crippen LogP contribution in [0.2, 0.25) is 0 Å². The van der Waals surface area contributed by atoms with E-state index in [2.05, 4.69) is 20.8 Å². The number of aromatic nitrogens is 3. The number of halogens is 1. The summed E-state index contributed by atoms with van der Waals surface area (Å²) in [4.78, 5) is 32.2. The summed E-state index contributed by atoms with van der Waals surface area (Å²) in [5.41, 5.74) is 4.51. The summed E-state index contributed by atoms with van der Waals surface area (Å²) >= 11 is 6.27. The third-order valence-corrected chi connectivity index (χ3v) is 5.17. The van der Waals surface area contributed by atoms with Gasteiger partial charge in [-0.25, -0.2) is 9.78 Å². The monoisotopic (exact) mass is 470 g/mol. The summed E-state index contributed by atoms with van der Waals surface area (Å²) < 4.78 is 10.3. The summed E-state index contributed by atoms with van der Waals surface area (Å²) in [5, 5.41) is 7.00. The molecule has 1 fully saturated rings. The van der Waals surface area contributed by atoms with Crippen molar-refractivity contribution in [2.75, 3.05) is 42.0 Å². The van der Waals surface area contributed by atoms with Gasteiger partial charge >= 0.3 is 5.97 Å². The SMILES string of the molecule is CCOC(=O)c1cccc(Nn2ccc(C(=O)Nc3ccc(N4CCOCC4Cl)nc3)n2)c1. The molecule has 1 atom stereocenters. The molecule has 2 aromatic heterocycles. The molecule has 3 aromatic rings. The van der Waals surface area contributed by atoms with Crippen LogP contribution in [0.5, 0.6) is 0 Å². The van der Waals surface area contributed by atoms with Gasteiger partial charge in [0.2, 0.25) is 0 Å². The number of hydrogen-bond acceptors (Lipinski definition) is 8. The molecule has 0 bridgehead atoms. The molecule has 1 saturated heterocycles. The Morgan fingerprint density at radius 1 is 1.24 bits per heavy atom. The van der Waals surface area contributed by atoms with Gasteiger partial charge in [-0.3, -0.25) is 10.2 Å². The standard InChI is InChI=1S/C22H23ClN6O4/c1-2-33-22(31)15-4-3-5-16(12-15)26-29-9-8-18(27-29)21(30)25-17-6-7-20(24-13-17)28-10-11-32-14-19(28)23/h3-9,12-13,19,26H,2,10-11,14H2,1H3,(H,25,30). The number of carbonyl (C=O) groups is 2. The van der Waals surface area contributed by atoms with E-state index in [4.69, 9.17) is 21.1 Å². The van der Waals surface area contributed by atoms with Crippen LogP contribution in [0, 0.1) is 0 Å². The Balaban J connectivity index is 1.37. The van der Waals surface area contributed by atoms with Crippen molar-refractivity contribution >= 4 is 40.7 Å². The molecule has 172 valence electrons. The van der Waals surface area contributed by atoms with E-state index in [-0.39, 0.29) is 17.1 Å². The number of alkyl halides is 1. The fraction of sp³-hybridized carbons (Fsp3) is 0.273. The Morgan fingerprint density at radius 3 is 2.88 bits per heavy atom. The minimum Gasteiger partial charge on any atom is -0.462 e. The highest BCUT2D eigenvalue weighted by Crippen LogP contribution is 2.21. The van der Waals surface area contributed by atoms with Gasteiger partial charge in [0.1, 0.15) is 11.3 Å². The molecular formula is C22H23ClN6O4. The molecule has 0 saturated carbocycles. The number of esters is 1. The Morgan fingerprint density at radius 2 is 2.12 bits per heavy atom. The van der Waals surface area contributed by atoms with Crippen molar-refractivity contribution in [1.29, 1.82) is 0 Å². The van der Waals surface area contributed by atoms with Crippen LogP contribution < -0.4 is 15.6 Å². The highest BCUT2D eigenvalue weighted by atomic mass is 35.5. The molecule has 1 unspecified atom stereocenters.